The predicted molar refractivity (Wildman–Crippen MR) is 177 cm³/mol. The van der Waals surface area contributed by atoms with E-state index in [1.165, 1.54) is 19.2 Å². The number of imide groups is 1. The molecule has 11 nitrogen and oxygen atoms in total. The van der Waals surface area contributed by atoms with Crippen molar-refractivity contribution in [3.05, 3.63) is 82.9 Å². The summed E-state index contributed by atoms with van der Waals surface area (Å²) in [6.07, 6.45) is 3.12. The van der Waals surface area contributed by atoms with Crippen LogP contribution in [0.1, 0.15) is 64.1 Å². The van der Waals surface area contributed by atoms with Crippen LogP contribution < -0.4 is 14.4 Å². The molecule has 0 N–H and O–H groups in total. The van der Waals surface area contributed by atoms with Crippen molar-refractivity contribution >= 4 is 37.5 Å². The van der Waals surface area contributed by atoms with Gasteiger partial charge in [0.25, 0.3) is 21.9 Å². The third-order valence-electron chi connectivity index (χ3n) is 8.60. The lowest BCUT2D eigenvalue weighted by atomic mass is 9.93. The van der Waals surface area contributed by atoms with Gasteiger partial charge in [-0.1, -0.05) is 29.8 Å². The van der Waals surface area contributed by atoms with Gasteiger partial charge in [0.05, 0.1) is 53.8 Å². The topological polar surface area (TPSA) is 137 Å². The molecule has 0 aromatic heterocycles. The number of piperidine rings is 1. The number of rotatable bonds is 13. The number of sulfone groups is 1. The number of carbonyl (C=O) groups is 2. The zero-order chi connectivity index (χ0) is 33.9. The second-order valence-electron chi connectivity index (χ2n) is 11.9. The van der Waals surface area contributed by atoms with Gasteiger partial charge in [0, 0.05) is 19.3 Å². The highest BCUT2D eigenvalue weighted by molar-refractivity contribution is 7.90. The fourth-order valence-corrected chi connectivity index (χ4v) is 8.00. The van der Waals surface area contributed by atoms with Crippen molar-refractivity contribution in [3.8, 4) is 11.5 Å². The van der Waals surface area contributed by atoms with Crippen LogP contribution in [0.15, 0.2) is 65.6 Å². The number of carbonyl (C=O) groups excluding carboxylic acids is 2. The summed E-state index contributed by atoms with van der Waals surface area (Å²) >= 11 is 0. The van der Waals surface area contributed by atoms with Gasteiger partial charge in [-0.3, -0.25) is 18.7 Å². The molecule has 252 valence electrons. The molecule has 47 heavy (non-hydrogen) atoms. The Hall–Kier alpha value is -3.94. The van der Waals surface area contributed by atoms with Gasteiger partial charge in [-0.05, 0) is 81.0 Å². The molecule has 0 aliphatic carbocycles. The highest BCUT2D eigenvalue weighted by Gasteiger charge is 2.44. The van der Waals surface area contributed by atoms with Gasteiger partial charge < -0.3 is 14.4 Å². The lowest BCUT2D eigenvalue weighted by molar-refractivity contribution is 0.0597. The largest absolute Gasteiger partial charge is 0.493 e. The van der Waals surface area contributed by atoms with Crippen LogP contribution >= 0.6 is 0 Å². The average Bonchev–Trinajstić information content (AvgIpc) is 3.29. The number of amides is 2. The van der Waals surface area contributed by atoms with Gasteiger partial charge in [-0.25, -0.2) is 8.42 Å². The van der Waals surface area contributed by atoms with E-state index in [0.717, 1.165) is 29.6 Å². The molecular formula is C34H40N2O9S2. The summed E-state index contributed by atoms with van der Waals surface area (Å²) in [7, 11) is -5.98. The van der Waals surface area contributed by atoms with Gasteiger partial charge in [0.15, 0.2) is 11.5 Å². The van der Waals surface area contributed by atoms with E-state index >= 15 is 0 Å². The van der Waals surface area contributed by atoms with Crippen molar-refractivity contribution in [2.24, 2.45) is 5.92 Å². The Balaban J connectivity index is 1.31. The Bertz CT molecular complexity index is 1850. The van der Waals surface area contributed by atoms with E-state index < -0.39 is 43.6 Å². The van der Waals surface area contributed by atoms with Gasteiger partial charge in [0.1, 0.15) is 9.84 Å². The first-order valence-corrected chi connectivity index (χ1v) is 19.0. The maximum absolute atomic E-state index is 14.1. The quantitative estimate of drug-likeness (QED) is 0.183. The van der Waals surface area contributed by atoms with Crippen LogP contribution in [-0.2, 0) is 24.1 Å². The van der Waals surface area contributed by atoms with Crippen LogP contribution in [0.25, 0.3) is 0 Å². The molecule has 0 unspecified atom stereocenters. The minimum atomic E-state index is -3.84. The van der Waals surface area contributed by atoms with E-state index in [1.54, 1.807) is 55.5 Å². The summed E-state index contributed by atoms with van der Waals surface area (Å²) in [5.41, 5.74) is 2.48. The van der Waals surface area contributed by atoms with Crippen LogP contribution in [0.5, 0.6) is 11.5 Å². The van der Waals surface area contributed by atoms with E-state index in [4.69, 9.17) is 13.7 Å². The lowest BCUT2D eigenvalue weighted by Crippen LogP contribution is -2.38. The lowest BCUT2D eigenvalue weighted by Gasteiger charge is -2.34. The number of methoxy groups -OCH3 is 1. The van der Waals surface area contributed by atoms with E-state index in [-0.39, 0.29) is 28.5 Å². The molecule has 5 rings (SSSR count). The molecule has 2 aliphatic rings. The fourth-order valence-electron chi connectivity index (χ4n) is 6.17. The first kappa shape index (κ1) is 34.4. The van der Waals surface area contributed by atoms with E-state index in [9.17, 15) is 26.4 Å². The molecule has 0 saturated carbocycles. The van der Waals surface area contributed by atoms with Crippen molar-refractivity contribution in [1.29, 1.82) is 0 Å². The van der Waals surface area contributed by atoms with E-state index in [1.807, 2.05) is 6.92 Å². The normalized spacial score (nSPS) is 16.3. The summed E-state index contributed by atoms with van der Waals surface area (Å²) in [6.45, 7) is 5.28. The molecule has 0 radical (unpaired) electrons. The number of hydrogen-bond donors (Lipinski definition) is 0. The molecule has 1 fully saturated rings. The highest BCUT2D eigenvalue weighted by Crippen LogP contribution is 2.40. The van der Waals surface area contributed by atoms with Crippen molar-refractivity contribution in [3.63, 3.8) is 0 Å². The zero-order valence-corrected chi connectivity index (χ0v) is 28.6. The van der Waals surface area contributed by atoms with Crippen LogP contribution in [0.4, 0.5) is 5.69 Å². The fraction of sp³-hybridized carbons (Fsp3) is 0.412. The number of nitrogens with zero attached hydrogens (tertiary/aromatic N) is 2. The predicted octanol–water partition coefficient (Wildman–Crippen LogP) is 4.80. The molecular weight excluding hydrogens is 645 g/mol. The van der Waals surface area contributed by atoms with Crippen LogP contribution in [0.3, 0.4) is 0 Å². The number of anilines is 1. The summed E-state index contributed by atoms with van der Waals surface area (Å²) < 4.78 is 66.7. The third-order valence-corrected chi connectivity index (χ3v) is 10.8. The minimum Gasteiger partial charge on any atom is -0.493 e. The minimum absolute atomic E-state index is 0.0711. The zero-order valence-electron chi connectivity index (χ0n) is 27.0. The van der Waals surface area contributed by atoms with E-state index in [0.29, 0.717) is 48.9 Å². The second-order valence-corrected chi connectivity index (χ2v) is 15.7. The molecule has 1 saturated heterocycles. The molecule has 2 aliphatic heterocycles. The van der Waals surface area contributed by atoms with Gasteiger partial charge in [-0.15, -0.1) is 0 Å². The van der Waals surface area contributed by atoms with Gasteiger partial charge in [0.2, 0.25) is 0 Å². The van der Waals surface area contributed by atoms with E-state index in [2.05, 4.69) is 4.90 Å². The third kappa shape index (κ3) is 7.63. The summed E-state index contributed by atoms with van der Waals surface area (Å²) in [6, 6.07) is 15.5. The van der Waals surface area contributed by atoms with Crippen molar-refractivity contribution in [2.45, 2.75) is 44.0 Å². The Morgan fingerprint density at radius 2 is 1.62 bits per heavy atom. The summed E-state index contributed by atoms with van der Waals surface area (Å²) in [5, 5.41) is 0. The van der Waals surface area contributed by atoms with Crippen molar-refractivity contribution in [2.75, 3.05) is 50.3 Å². The monoisotopic (exact) mass is 684 g/mol. The molecule has 3 aromatic rings. The molecule has 13 heteroatoms. The Morgan fingerprint density at radius 1 is 0.915 bits per heavy atom. The van der Waals surface area contributed by atoms with Crippen LogP contribution in [0, 0.1) is 12.8 Å². The van der Waals surface area contributed by atoms with Crippen LogP contribution in [0.2, 0.25) is 0 Å². The number of ether oxygens (including phenoxy) is 2. The Morgan fingerprint density at radius 3 is 2.26 bits per heavy atom. The second kappa shape index (κ2) is 14.0. The molecule has 3 aromatic carbocycles. The maximum Gasteiger partial charge on any atom is 0.296 e. The van der Waals surface area contributed by atoms with Crippen molar-refractivity contribution < 1.29 is 40.1 Å². The SMILES string of the molecule is CCOc1cc([C@@H](CS(C)(=O)=O)N2C(=O)c3cccc(N4CCC(CCOS(=O)(=O)c5ccc(C)cc5)CC4)c3C2=O)ccc1OC. The Labute approximate surface area is 276 Å². The molecule has 0 bridgehead atoms. The standard InChI is InChI=1S/C34H40N2O9S2/c1-5-44-31-21-25(11-14-30(31)43-3)29(22-46(4,39)40)36-33(37)27-7-6-8-28(32(27)34(36)38)35-18-15-24(16-19-35)17-20-45-47(41,42)26-12-9-23(2)10-13-26/h6-14,21,24,29H,5,15-20,22H2,1-4H3/t29-/m1/s1. The van der Waals surface area contributed by atoms with Gasteiger partial charge in [-0.2, -0.15) is 8.42 Å². The number of benzene rings is 3. The molecule has 1 atom stereocenters. The first-order chi connectivity index (χ1) is 22.3. The number of fused-ring (bicyclic) bond motifs is 1. The Kier molecular flexibility index (Phi) is 10.3. The first-order valence-electron chi connectivity index (χ1n) is 15.5. The van der Waals surface area contributed by atoms with Gasteiger partial charge >= 0.3 is 0 Å². The maximum atomic E-state index is 14.1. The number of aryl methyl sites for hydroxylation is 1. The highest BCUT2D eigenvalue weighted by atomic mass is 32.2. The smallest absolute Gasteiger partial charge is 0.296 e. The summed E-state index contributed by atoms with van der Waals surface area (Å²) in [4.78, 5) is 31.1. The molecule has 2 amide bonds. The summed E-state index contributed by atoms with van der Waals surface area (Å²) in [5.74, 6) is -0.529. The molecule has 0 spiro atoms. The van der Waals surface area contributed by atoms with Crippen LogP contribution in [-0.4, -0.2) is 79.0 Å². The number of hydrogen-bond acceptors (Lipinski definition) is 10. The average molecular weight is 685 g/mol. The van der Waals surface area contributed by atoms with Crippen molar-refractivity contribution in [1.82, 2.24) is 4.90 Å². The molecule has 2 heterocycles.